The molecule has 1 aliphatic heterocycles. The van der Waals surface area contributed by atoms with Crippen LogP contribution in [0.4, 0.5) is 9.59 Å². The zero-order chi connectivity index (χ0) is 25.2. The van der Waals surface area contributed by atoms with Gasteiger partial charge in [0.25, 0.3) is 11.8 Å². The van der Waals surface area contributed by atoms with E-state index in [1.54, 1.807) is 51.1 Å². The summed E-state index contributed by atoms with van der Waals surface area (Å²) in [5.41, 5.74) is -0.0897. The Morgan fingerprint density at radius 1 is 1.18 bits per heavy atom. The molecule has 1 N–H and O–H groups in total. The van der Waals surface area contributed by atoms with Crippen LogP contribution >= 0.6 is 23.2 Å². The van der Waals surface area contributed by atoms with Gasteiger partial charge < -0.3 is 14.5 Å². The maximum absolute atomic E-state index is 12.6. The van der Waals surface area contributed by atoms with Crippen molar-refractivity contribution in [3.05, 3.63) is 46.1 Å². The van der Waals surface area contributed by atoms with Gasteiger partial charge in [0.15, 0.2) is 0 Å². The molecule has 1 aromatic heterocycles. The lowest BCUT2D eigenvalue weighted by atomic mass is 10.2. The van der Waals surface area contributed by atoms with E-state index < -0.39 is 42.1 Å². The lowest BCUT2D eigenvalue weighted by molar-refractivity contribution is -0.139. The minimum Gasteiger partial charge on any atom is -0.455 e. The van der Waals surface area contributed by atoms with Gasteiger partial charge in [0.05, 0.1) is 16.3 Å². The summed E-state index contributed by atoms with van der Waals surface area (Å²) in [5.74, 6) is -0.895. The van der Waals surface area contributed by atoms with Gasteiger partial charge in [-0.15, -0.1) is 0 Å². The number of carbonyl (C=O) groups is 4. The molecule has 0 bridgehead atoms. The van der Waals surface area contributed by atoms with E-state index in [0.29, 0.717) is 32.0 Å². The standard InChI is InChI=1S/C22H22Cl2N4O6/c1-12(26-20(31)34-22(2,3)4)19(30)28-18(29)11-27(21(28)32)25-10-14-6-8-17(33-14)13-5-7-15(23)16(24)9-13/h5-10,12H,11H2,1-4H3,(H,26,31)/b25-10+. The van der Waals surface area contributed by atoms with E-state index in [0.717, 1.165) is 5.01 Å². The van der Waals surface area contributed by atoms with Gasteiger partial charge in [0.1, 0.15) is 29.7 Å². The number of carbonyl (C=O) groups excluding carboxylic acids is 4. The fourth-order valence-corrected chi connectivity index (χ4v) is 3.19. The molecular formula is C22H22Cl2N4O6. The number of amides is 5. The van der Waals surface area contributed by atoms with Crippen molar-refractivity contribution < 1.29 is 28.3 Å². The summed E-state index contributed by atoms with van der Waals surface area (Å²) >= 11 is 11.9. The van der Waals surface area contributed by atoms with Crippen LogP contribution in [0.15, 0.2) is 39.9 Å². The molecule has 0 radical (unpaired) electrons. The summed E-state index contributed by atoms with van der Waals surface area (Å²) in [4.78, 5) is 49.8. The van der Waals surface area contributed by atoms with Gasteiger partial charge in [0.2, 0.25) is 0 Å². The first kappa shape index (κ1) is 25.3. The first-order valence-electron chi connectivity index (χ1n) is 10.1. The molecule has 1 fully saturated rings. The Kier molecular flexibility index (Phi) is 7.32. The highest BCUT2D eigenvalue weighted by Crippen LogP contribution is 2.29. The van der Waals surface area contributed by atoms with Crippen molar-refractivity contribution in [2.24, 2.45) is 5.10 Å². The van der Waals surface area contributed by atoms with Crippen molar-refractivity contribution in [2.75, 3.05) is 6.54 Å². The molecule has 1 saturated heterocycles. The molecule has 34 heavy (non-hydrogen) atoms. The van der Waals surface area contributed by atoms with Crippen LogP contribution in [0.5, 0.6) is 0 Å². The minimum absolute atomic E-state index is 0.297. The van der Waals surface area contributed by atoms with Crippen LogP contribution in [0.2, 0.25) is 10.0 Å². The first-order valence-corrected chi connectivity index (χ1v) is 10.9. The van der Waals surface area contributed by atoms with Gasteiger partial charge in [-0.1, -0.05) is 23.2 Å². The van der Waals surface area contributed by atoms with Crippen molar-refractivity contribution in [1.82, 2.24) is 15.2 Å². The van der Waals surface area contributed by atoms with Crippen molar-refractivity contribution in [3.63, 3.8) is 0 Å². The summed E-state index contributed by atoms with van der Waals surface area (Å²) in [5, 5.41) is 7.86. The van der Waals surface area contributed by atoms with Crippen LogP contribution < -0.4 is 5.32 Å². The van der Waals surface area contributed by atoms with Crippen LogP contribution in [0.1, 0.15) is 33.5 Å². The SMILES string of the molecule is CC(NC(=O)OC(C)(C)C)C(=O)N1C(=O)CN(/N=C/c2ccc(-c3ccc(Cl)c(Cl)c3)o2)C1=O. The van der Waals surface area contributed by atoms with E-state index in [9.17, 15) is 19.2 Å². The Hall–Kier alpha value is -3.37. The van der Waals surface area contributed by atoms with E-state index in [1.807, 2.05) is 0 Å². The van der Waals surface area contributed by atoms with Crippen molar-refractivity contribution in [3.8, 4) is 11.3 Å². The topological polar surface area (TPSA) is 122 Å². The molecule has 12 heteroatoms. The quantitative estimate of drug-likeness (QED) is 0.474. The average molecular weight is 509 g/mol. The van der Waals surface area contributed by atoms with Gasteiger partial charge in [-0.2, -0.15) is 10.0 Å². The summed E-state index contributed by atoms with van der Waals surface area (Å²) in [7, 11) is 0. The second kappa shape index (κ2) is 9.86. The lowest BCUT2D eigenvalue weighted by Gasteiger charge is -2.22. The molecule has 2 heterocycles. The summed E-state index contributed by atoms with van der Waals surface area (Å²) in [6.07, 6.45) is 0.390. The largest absolute Gasteiger partial charge is 0.455 e. The number of rotatable bonds is 5. The predicted octanol–water partition coefficient (Wildman–Crippen LogP) is 4.29. The number of benzene rings is 1. The van der Waals surface area contributed by atoms with Crippen LogP contribution in [-0.2, 0) is 14.3 Å². The summed E-state index contributed by atoms with van der Waals surface area (Å²) < 4.78 is 10.7. The fraction of sp³-hybridized carbons (Fsp3) is 0.318. The number of imide groups is 3. The van der Waals surface area contributed by atoms with Crippen molar-refractivity contribution >= 4 is 53.4 Å². The van der Waals surface area contributed by atoms with Crippen LogP contribution in [0.3, 0.4) is 0 Å². The number of halogens is 2. The zero-order valence-corrected chi connectivity index (χ0v) is 20.3. The number of hydrazone groups is 1. The molecular weight excluding hydrogens is 487 g/mol. The Morgan fingerprint density at radius 3 is 2.53 bits per heavy atom. The zero-order valence-electron chi connectivity index (χ0n) is 18.8. The average Bonchev–Trinajstić information content (AvgIpc) is 3.30. The van der Waals surface area contributed by atoms with Gasteiger partial charge in [-0.25, -0.2) is 14.6 Å². The summed E-state index contributed by atoms with van der Waals surface area (Å²) in [6.45, 7) is 5.88. The molecule has 0 spiro atoms. The maximum Gasteiger partial charge on any atom is 0.408 e. The second-order valence-electron chi connectivity index (χ2n) is 8.35. The third-order valence-electron chi connectivity index (χ3n) is 4.43. The Morgan fingerprint density at radius 2 is 1.88 bits per heavy atom. The number of nitrogens with zero attached hydrogens (tertiary/aromatic N) is 3. The van der Waals surface area contributed by atoms with E-state index >= 15 is 0 Å². The van der Waals surface area contributed by atoms with Gasteiger partial charge >= 0.3 is 12.1 Å². The van der Waals surface area contributed by atoms with Crippen LogP contribution in [-0.4, -0.2) is 58.2 Å². The highest BCUT2D eigenvalue weighted by atomic mass is 35.5. The number of hydrogen-bond donors (Lipinski definition) is 1. The number of ether oxygens (including phenoxy) is 1. The first-order chi connectivity index (χ1) is 15.9. The monoisotopic (exact) mass is 508 g/mol. The van der Waals surface area contributed by atoms with Crippen molar-refractivity contribution in [2.45, 2.75) is 39.3 Å². The molecule has 1 aromatic carbocycles. The Balaban J connectivity index is 1.65. The predicted molar refractivity (Wildman–Crippen MR) is 125 cm³/mol. The Bertz CT molecular complexity index is 1170. The molecule has 1 atom stereocenters. The molecule has 1 unspecified atom stereocenters. The molecule has 2 aromatic rings. The molecule has 3 rings (SSSR count). The number of urea groups is 1. The molecule has 0 aliphatic carbocycles. The highest BCUT2D eigenvalue weighted by Gasteiger charge is 2.42. The van der Waals surface area contributed by atoms with Crippen LogP contribution in [0.25, 0.3) is 11.3 Å². The number of furan rings is 1. The molecule has 10 nitrogen and oxygen atoms in total. The molecule has 180 valence electrons. The highest BCUT2D eigenvalue weighted by molar-refractivity contribution is 6.42. The third kappa shape index (κ3) is 5.95. The fourth-order valence-electron chi connectivity index (χ4n) is 2.89. The molecule has 5 amide bonds. The van der Waals surface area contributed by atoms with E-state index in [2.05, 4.69) is 10.4 Å². The van der Waals surface area contributed by atoms with Gasteiger partial charge in [-0.3, -0.25) is 9.59 Å². The third-order valence-corrected chi connectivity index (χ3v) is 5.16. The number of nitrogens with one attached hydrogen (secondary N) is 1. The van der Waals surface area contributed by atoms with Crippen LogP contribution in [0, 0.1) is 0 Å². The summed E-state index contributed by atoms with van der Waals surface area (Å²) in [6, 6.07) is 6.17. The van der Waals surface area contributed by atoms with Gasteiger partial charge in [0, 0.05) is 5.56 Å². The van der Waals surface area contributed by atoms with E-state index in [4.69, 9.17) is 32.4 Å². The number of hydrogen-bond acceptors (Lipinski definition) is 7. The normalized spacial score (nSPS) is 15.2. The lowest BCUT2D eigenvalue weighted by Crippen LogP contribution is -2.50. The molecule has 0 saturated carbocycles. The minimum atomic E-state index is -1.18. The maximum atomic E-state index is 12.6. The second-order valence-corrected chi connectivity index (χ2v) is 9.17. The van der Waals surface area contributed by atoms with Gasteiger partial charge in [-0.05, 0) is 58.0 Å². The number of alkyl carbamates (subject to hydrolysis) is 1. The smallest absolute Gasteiger partial charge is 0.408 e. The molecule has 1 aliphatic rings. The van der Waals surface area contributed by atoms with E-state index in [1.165, 1.54) is 13.1 Å². The Labute approximate surface area is 205 Å². The van der Waals surface area contributed by atoms with E-state index in [-0.39, 0.29) is 0 Å². The van der Waals surface area contributed by atoms with Crippen molar-refractivity contribution in [1.29, 1.82) is 0 Å².